The van der Waals surface area contributed by atoms with Gasteiger partial charge in [0.05, 0.1) is 17.4 Å². The van der Waals surface area contributed by atoms with Crippen LogP contribution in [0, 0.1) is 17.8 Å². The molecule has 0 amide bonds. The number of aliphatic hydroxyl groups is 1. The zero-order valence-corrected chi connectivity index (χ0v) is 14.0. The highest BCUT2D eigenvalue weighted by Gasteiger charge is 2.20. The molecular formula is C18H23ClN2O2. The van der Waals surface area contributed by atoms with Crippen molar-refractivity contribution in [1.82, 2.24) is 4.98 Å². The third kappa shape index (κ3) is 4.84. The van der Waals surface area contributed by atoms with Crippen molar-refractivity contribution in [2.45, 2.75) is 50.7 Å². The van der Waals surface area contributed by atoms with Crippen molar-refractivity contribution in [3.63, 3.8) is 0 Å². The monoisotopic (exact) mass is 334 g/mol. The fourth-order valence-corrected chi connectivity index (χ4v) is 3.27. The van der Waals surface area contributed by atoms with Crippen LogP contribution in [-0.4, -0.2) is 35.5 Å². The summed E-state index contributed by atoms with van der Waals surface area (Å²) in [4.78, 5) is 4.17. The summed E-state index contributed by atoms with van der Waals surface area (Å²) in [7, 11) is 0. The van der Waals surface area contributed by atoms with Gasteiger partial charge in [-0.2, -0.15) is 0 Å². The van der Waals surface area contributed by atoms with E-state index >= 15 is 0 Å². The van der Waals surface area contributed by atoms with E-state index in [-0.39, 0.29) is 6.10 Å². The van der Waals surface area contributed by atoms with E-state index in [4.69, 9.17) is 16.3 Å². The van der Waals surface area contributed by atoms with Gasteiger partial charge in [0.15, 0.2) is 0 Å². The molecular weight excluding hydrogens is 312 g/mol. The summed E-state index contributed by atoms with van der Waals surface area (Å²) in [5.74, 6) is 7.02. The number of pyridine rings is 1. The van der Waals surface area contributed by atoms with Gasteiger partial charge in [0, 0.05) is 31.4 Å². The molecule has 2 heterocycles. The average molecular weight is 335 g/mol. The Bertz CT molecular complexity index is 582. The van der Waals surface area contributed by atoms with Gasteiger partial charge in [-0.25, -0.2) is 4.98 Å². The van der Waals surface area contributed by atoms with Gasteiger partial charge in [0.1, 0.15) is 5.15 Å². The molecule has 0 unspecified atom stereocenters. The summed E-state index contributed by atoms with van der Waals surface area (Å²) in [6.07, 6.45) is 7.21. The summed E-state index contributed by atoms with van der Waals surface area (Å²) < 4.78 is 5.37. The number of rotatable bonds is 2. The van der Waals surface area contributed by atoms with Crippen molar-refractivity contribution in [2.24, 2.45) is 5.92 Å². The van der Waals surface area contributed by atoms with E-state index in [0.717, 1.165) is 63.0 Å². The van der Waals surface area contributed by atoms with Crippen LogP contribution in [0.1, 0.15) is 44.1 Å². The number of nitrogens with one attached hydrogen (secondary N) is 1. The topological polar surface area (TPSA) is 54.4 Å². The molecule has 3 rings (SSSR count). The summed E-state index contributed by atoms with van der Waals surface area (Å²) in [5.41, 5.74) is 1.85. The first-order valence-corrected chi connectivity index (χ1v) is 8.78. The van der Waals surface area contributed by atoms with E-state index in [1.54, 1.807) is 6.20 Å². The SMILES string of the molecule is OC1CCC(Nc2cc(Cl)ncc2C#CC2CCOCC2)CC1. The zero-order valence-electron chi connectivity index (χ0n) is 13.2. The molecule has 5 heteroatoms. The second-order valence-corrected chi connectivity index (χ2v) is 6.75. The minimum absolute atomic E-state index is 0.151. The van der Waals surface area contributed by atoms with Crippen LogP contribution in [0.4, 0.5) is 5.69 Å². The van der Waals surface area contributed by atoms with Crippen LogP contribution in [0.3, 0.4) is 0 Å². The van der Waals surface area contributed by atoms with Gasteiger partial charge in [-0.3, -0.25) is 0 Å². The molecule has 2 N–H and O–H groups in total. The van der Waals surface area contributed by atoms with Gasteiger partial charge in [0.25, 0.3) is 0 Å². The first-order valence-electron chi connectivity index (χ1n) is 8.40. The molecule has 1 saturated carbocycles. The second kappa shape index (κ2) is 8.01. The van der Waals surface area contributed by atoms with Crippen LogP contribution in [0.5, 0.6) is 0 Å². The quantitative estimate of drug-likeness (QED) is 0.644. The Labute approximate surface area is 142 Å². The molecule has 23 heavy (non-hydrogen) atoms. The molecule has 1 aromatic heterocycles. The molecule has 4 nitrogen and oxygen atoms in total. The van der Waals surface area contributed by atoms with Gasteiger partial charge in [-0.15, -0.1) is 0 Å². The van der Waals surface area contributed by atoms with Crippen molar-refractivity contribution in [3.05, 3.63) is 23.0 Å². The number of halogens is 1. The lowest BCUT2D eigenvalue weighted by molar-refractivity contribution is 0.0807. The van der Waals surface area contributed by atoms with Crippen LogP contribution >= 0.6 is 11.6 Å². The fourth-order valence-electron chi connectivity index (χ4n) is 3.11. The summed E-state index contributed by atoms with van der Waals surface area (Å²) in [6.45, 7) is 1.60. The Morgan fingerprint density at radius 3 is 2.65 bits per heavy atom. The normalized spacial score (nSPS) is 25.5. The van der Waals surface area contributed by atoms with Gasteiger partial charge in [-0.1, -0.05) is 23.4 Å². The van der Waals surface area contributed by atoms with Crippen molar-refractivity contribution >= 4 is 17.3 Å². The lowest BCUT2D eigenvalue weighted by atomic mass is 9.93. The molecule has 1 aliphatic carbocycles. The first kappa shape index (κ1) is 16.6. The molecule has 1 saturated heterocycles. The van der Waals surface area contributed by atoms with Crippen molar-refractivity contribution in [2.75, 3.05) is 18.5 Å². The minimum atomic E-state index is -0.151. The Balaban J connectivity index is 1.71. The third-order valence-corrected chi connectivity index (χ3v) is 4.77. The van der Waals surface area contributed by atoms with Crippen LogP contribution in [0.15, 0.2) is 12.3 Å². The number of hydrogen-bond acceptors (Lipinski definition) is 4. The van der Waals surface area contributed by atoms with E-state index in [0.29, 0.717) is 17.1 Å². The van der Waals surface area contributed by atoms with Crippen LogP contribution in [0.25, 0.3) is 0 Å². The molecule has 0 radical (unpaired) electrons. The van der Waals surface area contributed by atoms with Crippen molar-refractivity contribution in [1.29, 1.82) is 0 Å². The Kier molecular flexibility index (Phi) is 5.77. The average Bonchev–Trinajstić information content (AvgIpc) is 2.57. The highest BCUT2D eigenvalue weighted by molar-refractivity contribution is 6.29. The van der Waals surface area contributed by atoms with E-state index in [1.165, 1.54) is 0 Å². The number of aliphatic hydroxyl groups excluding tert-OH is 1. The summed E-state index contributed by atoms with van der Waals surface area (Å²) in [6, 6.07) is 2.21. The van der Waals surface area contributed by atoms with Crippen LogP contribution in [-0.2, 0) is 4.74 Å². The van der Waals surface area contributed by atoms with Gasteiger partial charge >= 0.3 is 0 Å². The molecule has 0 atom stereocenters. The maximum Gasteiger partial charge on any atom is 0.131 e. The third-order valence-electron chi connectivity index (χ3n) is 4.56. The van der Waals surface area contributed by atoms with Gasteiger partial charge in [-0.05, 0) is 44.6 Å². The van der Waals surface area contributed by atoms with Crippen LogP contribution in [0.2, 0.25) is 5.15 Å². The van der Waals surface area contributed by atoms with Gasteiger partial charge in [0.2, 0.25) is 0 Å². The molecule has 0 bridgehead atoms. The number of nitrogens with zero attached hydrogens (tertiary/aromatic N) is 1. The smallest absolute Gasteiger partial charge is 0.131 e. The first-order chi connectivity index (χ1) is 11.2. The zero-order chi connectivity index (χ0) is 16.1. The minimum Gasteiger partial charge on any atom is -0.393 e. The maximum absolute atomic E-state index is 9.63. The fraction of sp³-hybridized carbons (Fsp3) is 0.611. The molecule has 0 aromatic carbocycles. The predicted octanol–water partition coefficient (Wildman–Crippen LogP) is 3.23. The molecule has 2 fully saturated rings. The molecule has 1 aliphatic heterocycles. The Hall–Kier alpha value is -1.28. The van der Waals surface area contributed by atoms with E-state index in [1.807, 2.05) is 6.07 Å². The van der Waals surface area contributed by atoms with Gasteiger partial charge < -0.3 is 15.2 Å². The lowest BCUT2D eigenvalue weighted by Crippen LogP contribution is -2.28. The molecule has 124 valence electrons. The lowest BCUT2D eigenvalue weighted by Gasteiger charge is -2.27. The Morgan fingerprint density at radius 2 is 1.91 bits per heavy atom. The number of aromatic nitrogens is 1. The summed E-state index contributed by atoms with van der Waals surface area (Å²) in [5, 5.41) is 13.6. The largest absolute Gasteiger partial charge is 0.393 e. The highest BCUT2D eigenvalue weighted by atomic mass is 35.5. The van der Waals surface area contributed by atoms with E-state index in [9.17, 15) is 5.11 Å². The Morgan fingerprint density at radius 1 is 1.17 bits per heavy atom. The standard InChI is InChI=1S/C18H23ClN2O2/c19-18-11-17(21-15-3-5-16(22)6-4-15)14(12-20-18)2-1-13-7-9-23-10-8-13/h11-13,15-16,22H,3-10H2,(H,20,21). The number of anilines is 1. The maximum atomic E-state index is 9.63. The molecule has 2 aliphatic rings. The summed E-state index contributed by atoms with van der Waals surface area (Å²) >= 11 is 6.05. The number of hydrogen-bond donors (Lipinski definition) is 2. The highest BCUT2D eigenvalue weighted by Crippen LogP contribution is 2.25. The van der Waals surface area contributed by atoms with E-state index in [2.05, 4.69) is 22.1 Å². The second-order valence-electron chi connectivity index (χ2n) is 6.36. The van der Waals surface area contributed by atoms with Crippen LogP contribution < -0.4 is 5.32 Å². The number of ether oxygens (including phenoxy) is 1. The molecule has 0 spiro atoms. The molecule has 1 aromatic rings. The van der Waals surface area contributed by atoms with Crippen molar-refractivity contribution < 1.29 is 9.84 Å². The predicted molar refractivity (Wildman–Crippen MR) is 91.6 cm³/mol. The van der Waals surface area contributed by atoms with E-state index < -0.39 is 0 Å². The van der Waals surface area contributed by atoms with Crippen molar-refractivity contribution in [3.8, 4) is 11.8 Å².